The van der Waals surface area contributed by atoms with Crippen molar-refractivity contribution < 1.29 is 14.3 Å². The van der Waals surface area contributed by atoms with Crippen molar-refractivity contribution in [2.45, 2.75) is 32.8 Å². The van der Waals surface area contributed by atoms with Crippen LogP contribution in [0, 0.1) is 5.92 Å². The van der Waals surface area contributed by atoms with Crippen LogP contribution in [0.5, 0.6) is 0 Å². The Kier molecular flexibility index (Phi) is 4.96. The van der Waals surface area contributed by atoms with Crippen molar-refractivity contribution in [2.24, 2.45) is 5.92 Å². The SMILES string of the molecule is CC(C)(C)OC(=O)N1CCC(C(=O)/C=C/c2ccncc2)C1. The molecule has 1 aromatic heterocycles. The lowest BCUT2D eigenvalue weighted by molar-refractivity contribution is -0.117. The Balaban J connectivity index is 1.89. The normalized spacial score (nSPS) is 18.7. The molecule has 0 spiro atoms. The van der Waals surface area contributed by atoms with Crippen LogP contribution in [-0.4, -0.2) is 40.5 Å². The quantitative estimate of drug-likeness (QED) is 0.806. The number of amides is 1. The van der Waals surface area contributed by atoms with E-state index in [1.165, 1.54) is 0 Å². The molecule has 1 unspecified atom stereocenters. The Hall–Kier alpha value is -2.17. The number of pyridine rings is 1. The number of likely N-dealkylation sites (tertiary alicyclic amines) is 1. The van der Waals surface area contributed by atoms with E-state index in [4.69, 9.17) is 4.74 Å². The van der Waals surface area contributed by atoms with Crippen LogP contribution in [0.4, 0.5) is 4.79 Å². The number of carbonyl (C=O) groups excluding carboxylic acids is 2. The summed E-state index contributed by atoms with van der Waals surface area (Å²) in [5, 5.41) is 0. The standard InChI is InChI=1S/C17H22N2O3/c1-17(2,3)22-16(21)19-11-8-14(12-19)15(20)5-4-13-6-9-18-10-7-13/h4-7,9-10,14H,8,11-12H2,1-3H3/b5-4+. The molecule has 22 heavy (non-hydrogen) atoms. The van der Waals surface area contributed by atoms with Gasteiger partial charge in [0.05, 0.1) is 0 Å². The summed E-state index contributed by atoms with van der Waals surface area (Å²) in [5.41, 5.74) is 0.422. The second-order valence-corrected chi connectivity index (χ2v) is 6.43. The minimum Gasteiger partial charge on any atom is -0.444 e. The molecule has 1 aliphatic heterocycles. The minimum atomic E-state index is -0.513. The molecule has 0 bridgehead atoms. The largest absolute Gasteiger partial charge is 0.444 e. The van der Waals surface area contributed by atoms with Crippen molar-refractivity contribution >= 4 is 18.0 Å². The van der Waals surface area contributed by atoms with Gasteiger partial charge in [-0.2, -0.15) is 0 Å². The molecular weight excluding hydrogens is 280 g/mol. The van der Waals surface area contributed by atoms with Crippen molar-refractivity contribution in [2.75, 3.05) is 13.1 Å². The topological polar surface area (TPSA) is 59.5 Å². The number of hydrogen-bond acceptors (Lipinski definition) is 4. The van der Waals surface area contributed by atoms with E-state index in [9.17, 15) is 9.59 Å². The van der Waals surface area contributed by atoms with E-state index in [0.29, 0.717) is 19.5 Å². The van der Waals surface area contributed by atoms with Crippen LogP contribution >= 0.6 is 0 Å². The number of nitrogens with zero attached hydrogens (tertiary/aromatic N) is 2. The number of rotatable bonds is 3. The van der Waals surface area contributed by atoms with Crippen LogP contribution in [0.3, 0.4) is 0 Å². The molecular formula is C17H22N2O3. The first-order chi connectivity index (χ1) is 10.3. The second kappa shape index (κ2) is 6.73. The van der Waals surface area contributed by atoms with Crippen molar-refractivity contribution in [3.8, 4) is 0 Å². The van der Waals surface area contributed by atoms with Gasteiger partial charge in [0.25, 0.3) is 0 Å². The number of ether oxygens (including phenoxy) is 1. The average molecular weight is 302 g/mol. The first kappa shape index (κ1) is 16.2. The third kappa shape index (κ3) is 4.69. The molecule has 0 aromatic carbocycles. The number of ketones is 1. The smallest absolute Gasteiger partial charge is 0.410 e. The molecule has 0 saturated carbocycles. The Bertz CT molecular complexity index is 561. The van der Waals surface area contributed by atoms with Gasteiger partial charge in [-0.25, -0.2) is 4.79 Å². The minimum absolute atomic E-state index is 0.0443. The molecule has 5 heteroatoms. The number of aromatic nitrogens is 1. The summed E-state index contributed by atoms with van der Waals surface area (Å²) in [5.74, 6) is -0.103. The molecule has 0 aliphatic carbocycles. The number of allylic oxidation sites excluding steroid dienone is 1. The zero-order valence-corrected chi connectivity index (χ0v) is 13.3. The van der Waals surface area contributed by atoms with E-state index in [0.717, 1.165) is 5.56 Å². The Morgan fingerprint density at radius 2 is 2.00 bits per heavy atom. The molecule has 0 N–H and O–H groups in total. The molecule has 2 heterocycles. The summed E-state index contributed by atoms with van der Waals surface area (Å²) < 4.78 is 5.33. The Morgan fingerprint density at radius 3 is 2.64 bits per heavy atom. The molecule has 1 aromatic rings. The first-order valence-electron chi connectivity index (χ1n) is 7.45. The van der Waals surface area contributed by atoms with Gasteiger partial charge in [-0.3, -0.25) is 9.78 Å². The number of hydrogen-bond donors (Lipinski definition) is 0. The lowest BCUT2D eigenvalue weighted by Crippen LogP contribution is -2.35. The highest BCUT2D eigenvalue weighted by atomic mass is 16.6. The van der Waals surface area contributed by atoms with Gasteiger partial charge >= 0.3 is 6.09 Å². The van der Waals surface area contributed by atoms with Crippen LogP contribution < -0.4 is 0 Å². The van der Waals surface area contributed by atoms with E-state index in [-0.39, 0.29) is 17.8 Å². The fraction of sp³-hybridized carbons (Fsp3) is 0.471. The highest BCUT2D eigenvalue weighted by molar-refractivity contribution is 5.96. The summed E-state index contributed by atoms with van der Waals surface area (Å²) in [7, 11) is 0. The fourth-order valence-corrected chi connectivity index (χ4v) is 2.27. The Morgan fingerprint density at radius 1 is 1.32 bits per heavy atom. The van der Waals surface area contributed by atoms with Crippen LogP contribution in [0.2, 0.25) is 0 Å². The third-order valence-electron chi connectivity index (χ3n) is 3.39. The van der Waals surface area contributed by atoms with Gasteiger partial charge in [-0.15, -0.1) is 0 Å². The highest BCUT2D eigenvalue weighted by Crippen LogP contribution is 2.20. The average Bonchev–Trinajstić information content (AvgIpc) is 2.94. The predicted octanol–water partition coefficient (Wildman–Crippen LogP) is 2.92. The lowest BCUT2D eigenvalue weighted by atomic mass is 10.0. The molecule has 1 atom stereocenters. The van der Waals surface area contributed by atoms with Crippen molar-refractivity contribution in [3.63, 3.8) is 0 Å². The van der Waals surface area contributed by atoms with Gasteiger partial charge in [0.1, 0.15) is 5.60 Å². The van der Waals surface area contributed by atoms with E-state index < -0.39 is 5.60 Å². The summed E-state index contributed by atoms with van der Waals surface area (Å²) in [4.78, 5) is 29.7. The zero-order valence-electron chi connectivity index (χ0n) is 13.3. The monoisotopic (exact) mass is 302 g/mol. The van der Waals surface area contributed by atoms with Crippen LogP contribution in [0.25, 0.3) is 6.08 Å². The van der Waals surface area contributed by atoms with E-state index in [1.807, 2.05) is 32.9 Å². The molecule has 0 radical (unpaired) electrons. The van der Waals surface area contributed by atoms with E-state index >= 15 is 0 Å². The lowest BCUT2D eigenvalue weighted by Gasteiger charge is -2.24. The molecule has 2 rings (SSSR count). The molecule has 1 aliphatic rings. The van der Waals surface area contributed by atoms with Crippen molar-refractivity contribution in [1.82, 2.24) is 9.88 Å². The predicted molar refractivity (Wildman–Crippen MR) is 84.2 cm³/mol. The molecule has 1 saturated heterocycles. The van der Waals surface area contributed by atoms with E-state index in [1.54, 1.807) is 29.4 Å². The molecule has 5 nitrogen and oxygen atoms in total. The van der Waals surface area contributed by atoms with Gasteiger partial charge in [-0.05, 0) is 51.0 Å². The van der Waals surface area contributed by atoms with Gasteiger partial charge in [0.15, 0.2) is 5.78 Å². The third-order valence-corrected chi connectivity index (χ3v) is 3.39. The van der Waals surface area contributed by atoms with Gasteiger partial charge in [-0.1, -0.05) is 6.08 Å². The summed E-state index contributed by atoms with van der Waals surface area (Å²) >= 11 is 0. The van der Waals surface area contributed by atoms with Crippen molar-refractivity contribution in [1.29, 1.82) is 0 Å². The molecule has 1 amide bonds. The maximum Gasteiger partial charge on any atom is 0.410 e. The van der Waals surface area contributed by atoms with Crippen LogP contribution in [0.1, 0.15) is 32.8 Å². The zero-order chi connectivity index (χ0) is 16.2. The molecule has 118 valence electrons. The van der Waals surface area contributed by atoms with Crippen LogP contribution in [0.15, 0.2) is 30.6 Å². The van der Waals surface area contributed by atoms with Gasteiger partial charge in [0.2, 0.25) is 0 Å². The Labute approximate surface area is 131 Å². The van der Waals surface area contributed by atoms with Crippen molar-refractivity contribution in [3.05, 3.63) is 36.2 Å². The van der Waals surface area contributed by atoms with E-state index in [2.05, 4.69) is 4.98 Å². The number of carbonyl (C=O) groups is 2. The van der Waals surface area contributed by atoms with Gasteiger partial charge < -0.3 is 9.64 Å². The maximum absolute atomic E-state index is 12.2. The fourth-order valence-electron chi connectivity index (χ4n) is 2.27. The maximum atomic E-state index is 12.2. The first-order valence-corrected chi connectivity index (χ1v) is 7.45. The molecule has 1 fully saturated rings. The second-order valence-electron chi connectivity index (χ2n) is 6.43. The summed E-state index contributed by atoms with van der Waals surface area (Å²) in [6.07, 6.45) is 7.06. The van der Waals surface area contributed by atoms with Gasteiger partial charge in [0, 0.05) is 31.4 Å². The highest BCUT2D eigenvalue weighted by Gasteiger charge is 2.32. The van der Waals surface area contributed by atoms with Crippen LogP contribution in [-0.2, 0) is 9.53 Å². The summed E-state index contributed by atoms with van der Waals surface area (Å²) in [6, 6.07) is 3.68. The summed E-state index contributed by atoms with van der Waals surface area (Å²) in [6.45, 7) is 6.49.